The van der Waals surface area contributed by atoms with Crippen molar-refractivity contribution in [2.75, 3.05) is 52.5 Å². The number of aromatic amines is 1. The van der Waals surface area contributed by atoms with E-state index in [2.05, 4.69) is 15.2 Å². The standard InChI is InChI=1S/C18H27N3O3/c22-15(13-19-6-2-8-21-9-11-23-12-10-21)14-24-18-4-1-3-17-16(18)5-7-20-17/h1,3-5,7,15,19-20,22H,2,6,8-14H2. The molecule has 6 heteroatoms. The van der Waals surface area contributed by atoms with Gasteiger partial charge < -0.3 is 24.9 Å². The van der Waals surface area contributed by atoms with Crippen LogP contribution in [0.15, 0.2) is 30.5 Å². The number of fused-ring (bicyclic) bond motifs is 1. The average molecular weight is 333 g/mol. The number of morpholine rings is 1. The Morgan fingerprint density at radius 3 is 3.04 bits per heavy atom. The number of hydrogen-bond acceptors (Lipinski definition) is 5. The summed E-state index contributed by atoms with van der Waals surface area (Å²) in [5.74, 6) is 0.806. The van der Waals surface area contributed by atoms with Crippen LogP contribution < -0.4 is 10.1 Å². The zero-order chi connectivity index (χ0) is 16.6. The van der Waals surface area contributed by atoms with Gasteiger partial charge >= 0.3 is 0 Å². The van der Waals surface area contributed by atoms with E-state index in [1.807, 2.05) is 30.5 Å². The van der Waals surface area contributed by atoms with E-state index in [4.69, 9.17) is 9.47 Å². The van der Waals surface area contributed by atoms with Crippen LogP contribution in [-0.4, -0.2) is 73.6 Å². The van der Waals surface area contributed by atoms with Gasteiger partial charge in [0.15, 0.2) is 0 Å². The zero-order valence-corrected chi connectivity index (χ0v) is 14.0. The van der Waals surface area contributed by atoms with Crippen molar-refractivity contribution in [3.63, 3.8) is 0 Å². The largest absolute Gasteiger partial charge is 0.490 e. The van der Waals surface area contributed by atoms with Gasteiger partial charge in [-0.05, 0) is 37.7 Å². The van der Waals surface area contributed by atoms with E-state index in [1.165, 1.54) is 0 Å². The molecule has 1 unspecified atom stereocenters. The van der Waals surface area contributed by atoms with Crippen LogP contribution in [-0.2, 0) is 4.74 Å². The summed E-state index contributed by atoms with van der Waals surface area (Å²) in [6, 6.07) is 7.87. The molecule has 0 radical (unpaired) electrons. The van der Waals surface area contributed by atoms with E-state index in [1.54, 1.807) is 0 Å². The highest BCUT2D eigenvalue weighted by Crippen LogP contribution is 2.24. The molecule has 24 heavy (non-hydrogen) atoms. The monoisotopic (exact) mass is 333 g/mol. The van der Waals surface area contributed by atoms with Gasteiger partial charge in [-0.25, -0.2) is 0 Å². The van der Waals surface area contributed by atoms with Crippen molar-refractivity contribution in [3.8, 4) is 5.75 Å². The van der Waals surface area contributed by atoms with Gasteiger partial charge in [-0.2, -0.15) is 0 Å². The molecule has 2 aromatic rings. The van der Waals surface area contributed by atoms with Crippen molar-refractivity contribution >= 4 is 10.9 Å². The maximum absolute atomic E-state index is 10.1. The van der Waals surface area contributed by atoms with Crippen LogP contribution in [0.5, 0.6) is 5.75 Å². The summed E-state index contributed by atoms with van der Waals surface area (Å²) in [4.78, 5) is 5.58. The van der Waals surface area contributed by atoms with Gasteiger partial charge in [0.05, 0.1) is 13.2 Å². The number of aromatic nitrogens is 1. The molecule has 1 aromatic heterocycles. The second-order valence-electron chi connectivity index (χ2n) is 6.17. The Bertz CT molecular complexity index is 610. The van der Waals surface area contributed by atoms with Crippen molar-refractivity contribution in [1.82, 2.24) is 15.2 Å². The van der Waals surface area contributed by atoms with E-state index < -0.39 is 6.10 Å². The fraction of sp³-hybridized carbons (Fsp3) is 0.556. The first-order valence-electron chi connectivity index (χ1n) is 8.71. The summed E-state index contributed by atoms with van der Waals surface area (Å²) >= 11 is 0. The number of hydrogen-bond donors (Lipinski definition) is 3. The van der Waals surface area contributed by atoms with Crippen molar-refractivity contribution < 1.29 is 14.6 Å². The average Bonchev–Trinajstić information content (AvgIpc) is 3.10. The molecule has 0 amide bonds. The van der Waals surface area contributed by atoms with E-state index in [9.17, 15) is 5.11 Å². The highest BCUT2D eigenvalue weighted by Gasteiger charge is 2.10. The molecule has 0 aliphatic carbocycles. The normalized spacial score (nSPS) is 17.2. The molecule has 2 heterocycles. The molecule has 1 aliphatic heterocycles. The van der Waals surface area contributed by atoms with E-state index in [0.29, 0.717) is 13.2 Å². The number of rotatable bonds is 9. The molecule has 132 valence electrons. The fourth-order valence-corrected chi connectivity index (χ4v) is 2.95. The molecule has 3 rings (SSSR count). The fourth-order valence-electron chi connectivity index (χ4n) is 2.95. The second-order valence-corrected chi connectivity index (χ2v) is 6.17. The first-order chi connectivity index (χ1) is 11.8. The summed E-state index contributed by atoms with van der Waals surface area (Å²) in [6.07, 6.45) is 2.46. The molecule has 3 N–H and O–H groups in total. The number of aliphatic hydroxyl groups is 1. The molecule has 1 aliphatic rings. The van der Waals surface area contributed by atoms with E-state index in [-0.39, 0.29) is 0 Å². The van der Waals surface area contributed by atoms with Crippen LogP contribution in [0.25, 0.3) is 10.9 Å². The van der Waals surface area contributed by atoms with Gasteiger partial charge in [-0.1, -0.05) is 6.07 Å². The van der Waals surface area contributed by atoms with Crippen LogP contribution in [0.1, 0.15) is 6.42 Å². The molecule has 0 saturated carbocycles. The van der Waals surface area contributed by atoms with Gasteiger partial charge in [0.2, 0.25) is 0 Å². The smallest absolute Gasteiger partial charge is 0.128 e. The lowest BCUT2D eigenvalue weighted by molar-refractivity contribution is 0.0373. The molecule has 0 bridgehead atoms. The Morgan fingerprint density at radius 2 is 2.17 bits per heavy atom. The van der Waals surface area contributed by atoms with Crippen molar-refractivity contribution in [2.24, 2.45) is 0 Å². The Hall–Kier alpha value is -1.60. The maximum atomic E-state index is 10.1. The zero-order valence-electron chi connectivity index (χ0n) is 14.0. The Morgan fingerprint density at radius 1 is 1.29 bits per heavy atom. The van der Waals surface area contributed by atoms with Crippen LogP contribution in [0.4, 0.5) is 0 Å². The predicted molar refractivity (Wildman–Crippen MR) is 94.5 cm³/mol. The molecular formula is C18H27N3O3. The van der Waals surface area contributed by atoms with Crippen molar-refractivity contribution in [2.45, 2.75) is 12.5 Å². The second kappa shape index (κ2) is 9.03. The number of nitrogens with one attached hydrogen (secondary N) is 2. The number of H-pyrrole nitrogens is 1. The number of nitrogens with zero attached hydrogens (tertiary/aromatic N) is 1. The number of benzene rings is 1. The molecule has 1 aromatic carbocycles. The van der Waals surface area contributed by atoms with Gasteiger partial charge in [-0.3, -0.25) is 4.90 Å². The van der Waals surface area contributed by atoms with Gasteiger partial charge in [0.25, 0.3) is 0 Å². The lowest BCUT2D eigenvalue weighted by Crippen LogP contribution is -2.38. The Balaban J connectivity index is 1.30. The van der Waals surface area contributed by atoms with Crippen molar-refractivity contribution in [3.05, 3.63) is 30.5 Å². The van der Waals surface area contributed by atoms with Gasteiger partial charge in [0.1, 0.15) is 18.5 Å². The molecule has 1 atom stereocenters. The quantitative estimate of drug-likeness (QED) is 0.602. The highest BCUT2D eigenvalue weighted by atomic mass is 16.5. The molecule has 1 saturated heterocycles. The first kappa shape index (κ1) is 17.2. The van der Waals surface area contributed by atoms with Crippen molar-refractivity contribution in [1.29, 1.82) is 0 Å². The molecule has 1 fully saturated rings. The van der Waals surface area contributed by atoms with Crippen LogP contribution in [0.3, 0.4) is 0 Å². The predicted octanol–water partition coefficient (Wildman–Crippen LogP) is 1.22. The molecule has 6 nitrogen and oxygen atoms in total. The first-order valence-corrected chi connectivity index (χ1v) is 8.71. The summed E-state index contributed by atoms with van der Waals surface area (Å²) < 4.78 is 11.1. The Kier molecular flexibility index (Phi) is 6.48. The third-order valence-electron chi connectivity index (χ3n) is 4.30. The summed E-state index contributed by atoms with van der Waals surface area (Å²) in [5.41, 5.74) is 1.04. The van der Waals surface area contributed by atoms with Gasteiger partial charge in [0, 0.05) is 36.7 Å². The SMILES string of the molecule is OC(CNCCCN1CCOCC1)COc1cccc2[nH]ccc12. The molecule has 0 spiro atoms. The summed E-state index contributed by atoms with van der Waals surface area (Å²) in [7, 11) is 0. The topological polar surface area (TPSA) is 69.8 Å². The van der Waals surface area contributed by atoms with Crippen LogP contribution in [0, 0.1) is 0 Å². The number of ether oxygens (including phenoxy) is 2. The third kappa shape index (κ3) is 4.95. The minimum absolute atomic E-state index is 0.292. The summed E-state index contributed by atoms with van der Waals surface area (Å²) in [6.45, 7) is 6.57. The van der Waals surface area contributed by atoms with Crippen LogP contribution >= 0.6 is 0 Å². The van der Waals surface area contributed by atoms with E-state index >= 15 is 0 Å². The highest BCUT2D eigenvalue weighted by molar-refractivity contribution is 5.85. The third-order valence-corrected chi connectivity index (χ3v) is 4.30. The molecular weight excluding hydrogens is 306 g/mol. The minimum Gasteiger partial charge on any atom is -0.490 e. The van der Waals surface area contributed by atoms with Crippen LogP contribution in [0.2, 0.25) is 0 Å². The lowest BCUT2D eigenvalue weighted by atomic mass is 10.2. The lowest BCUT2D eigenvalue weighted by Gasteiger charge is -2.26. The Labute approximate surface area is 142 Å². The van der Waals surface area contributed by atoms with Gasteiger partial charge in [-0.15, -0.1) is 0 Å². The number of aliphatic hydroxyl groups excluding tert-OH is 1. The van der Waals surface area contributed by atoms with E-state index in [0.717, 1.165) is 62.5 Å². The summed E-state index contributed by atoms with van der Waals surface area (Å²) in [5, 5.41) is 14.4. The minimum atomic E-state index is -0.511. The maximum Gasteiger partial charge on any atom is 0.128 e.